The highest BCUT2D eigenvalue weighted by molar-refractivity contribution is 5.91. The van der Waals surface area contributed by atoms with Gasteiger partial charge in [-0.15, -0.1) is 0 Å². The Morgan fingerprint density at radius 2 is 0.889 bits per heavy atom. The van der Waals surface area contributed by atoms with E-state index in [9.17, 15) is 9.59 Å². The fraction of sp³-hybridized carbons (Fsp3) is 0.409. The molecule has 0 N–H and O–H groups in total. The number of hydrogen-bond donors (Lipinski definition) is 0. The van der Waals surface area contributed by atoms with Gasteiger partial charge in [0.25, 0.3) is 0 Å². The van der Waals surface area contributed by atoms with Crippen molar-refractivity contribution in [3.8, 4) is 23.0 Å². The SMILES string of the molecule is CC(CCOCC1CO1)c1ccc(OC(=O)c2ccc(OCCCCOc3ccc(C(=O)Oc4ccc(C(C)CCOCC5CO5)cc4)cc3)cc2)cc1. The van der Waals surface area contributed by atoms with E-state index in [0.717, 1.165) is 38.9 Å². The molecule has 6 rings (SSSR count). The van der Waals surface area contributed by atoms with Crippen LogP contribution in [0.25, 0.3) is 0 Å². The van der Waals surface area contributed by atoms with Crippen LogP contribution in [0.2, 0.25) is 0 Å². The summed E-state index contributed by atoms with van der Waals surface area (Å²) in [6, 6.07) is 29.1. The fourth-order valence-corrected chi connectivity index (χ4v) is 5.63. The molecular formula is C44H50O10. The van der Waals surface area contributed by atoms with Gasteiger partial charge in [0, 0.05) is 13.2 Å². The molecule has 10 nitrogen and oxygen atoms in total. The molecule has 2 saturated heterocycles. The third-order valence-electron chi connectivity index (χ3n) is 9.38. The molecule has 4 unspecified atom stereocenters. The zero-order valence-electron chi connectivity index (χ0n) is 31.1. The Morgan fingerprint density at radius 3 is 1.24 bits per heavy atom. The average molecular weight is 739 g/mol. The lowest BCUT2D eigenvalue weighted by Crippen LogP contribution is -2.09. The van der Waals surface area contributed by atoms with Gasteiger partial charge in [0.15, 0.2) is 0 Å². The number of epoxide rings is 2. The Bertz CT molecular complexity index is 1600. The molecule has 0 aliphatic carbocycles. The van der Waals surface area contributed by atoms with E-state index in [1.54, 1.807) is 48.5 Å². The van der Waals surface area contributed by atoms with Crippen LogP contribution in [0.4, 0.5) is 0 Å². The van der Waals surface area contributed by atoms with Gasteiger partial charge in [-0.1, -0.05) is 38.1 Å². The topological polar surface area (TPSA) is 115 Å². The molecule has 2 aliphatic rings. The van der Waals surface area contributed by atoms with Gasteiger partial charge >= 0.3 is 11.9 Å². The number of carbonyl (C=O) groups is 2. The Labute approximate surface area is 317 Å². The largest absolute Gasteiger partial charge is 0.494 e. The van der Waals surface area contributed by atoms with Crippen molar-refractivity contribution in [3.63, 3.8) is 0 Å². The van der Waals surface area contributed by atoms with E-state index in [1.807, 2.05) is 48.5 Å². The van der Waals surface area contributed by atoms with Gasteiger partial charge < -0.3 is 37.9 Å². The molecule has 0 spiro atoms. The van der Waals surface area contributed by atoms with Crippen molar-refractivity contribution in [1.82, 2.24) is 0 Å². The summed E-state index contributed by atoms with van der Waals surface area (Å²) in [5, 5.41) is 0. The zero-order valence-corrected chi connectivity index (χ0v) is 31.1. The first kappa shape index (κ1) is 39.0. The van der Waals surface area contributed by atoms with Crippen molar-refractivity contribution in [2.24, 2.45) is 0 Å². The van der Waals surface area contributed by atoms with Crippen molar-refractivity contribution in [2.45, 2.75) is 63.6 Å². The Morgan fingerprint density at radius 1 is 0.537 bits per heavy atom. The molecule has 0 radical (unpaired) electrons. The number of hydrogen-bond acceptors (Lipinski definition) is 10. The first-order valence-electron chi connectivity index (χ1n) is 18.9. The number of rotatable bonds is 23. The third-order valence-corrected chi connectivity index (χ3v) is 9.38. The summed E-state index contributed by atoms with van der Waals surface area (Å²) >= 11 is 0. The second kappa shape index (κ2) is 20.1. The Hall–Kier alpha value is -4.74. The Kier molecular flexibility index (Phi) is 14.5. The molecule has 0 aromatic heterocycles. The lowest BCUT2D eigenvalue weighted by atomic mass is 9.98. The van der Waals surface area contributed by atoms with E-state index in [1.165, 1.54) is 11.1 Å². The van der Waals surface area contributed by atoms with E-state index in [0.29, 0.717) is 85.6 Å². The summed E-state index contributed by atoms with van der Waals surface area (Å²) in [7, 11) is 0. The van der Waals surface area contributed by atoms with Gasteiger partial charge in [-0.05, 0) is 121 Å². The van der Waals surface area contributed by atoms with E-state index in [-0.39, 0.29) is 12.2 Å². The first-order chi connectivity index (χ1) is 26.4. The van der Waals surface area contributed by atoms with Crippen LogP contribution in [-0.4, -0.2) is 77.0 Å². The second-order valence-corrected chi connectivity index (χ2v) is 13.8. The molecule has 4 aromatic carbocycles. The summed E-state index contributed by atoms with van der Waals surface area (Å²) in [6.07, 6.45) is 3.96. The van der Waals surface area contributed by atoms with Crippen LogP contribution >= 0.6 is 0 Å². The van der Waals surface area contributed by atoms with Crippen LogP contribution in [0.5, 0.6) is 23.0 Å². The fourth-order valence-electron chi connectivity index (χ4n) is 5.63. The van der Waals surface area contributed by atoms with Crippen LogP contribution in [0.1, 0.15) is 83.2 Å². The minimum Gasteiger partial charge on any atom is -0.494 e. The minimum atomic E-state index is -0.423. The van der Waals surface area contributed by atoms with Crippen molar-refractivity contribution >= 4 is 11.9 Å². The lowest BCUT2D eigenvalue weighted by molar-refractivity contribution is 0.0725. The molecule has 4 aromatic rings. The minimum absolute atomic E-state index is 0.282. The van der Waals surface area contributed by atoms with Gasteiger partial charge in [-0.25, -0.2) is 9.59 Å². The van der Waals surface area contributed by atoms with E-state index in [4.69, 9.17) is 37.9 Å². The van der Waals surface area contributed by atoms with E-state index >= 15 is 0 Å². The first-order valence-corrected chi connectivity index (χ1v) is 18.9. The summed E-state index contributed by atoms with van der Waals surface area (Å²) in [4.78, 5) is 25.4. The van der Waals surface area contributed by atoms with Crippen molar-refractivity contribution in [1.29, 1.82) is 0 Å². The van der Waals surface area contributed by atoms with Gasteiger partial charge in [0.05, 0.1) is 50.8 Å². The molecule has 0 amide bonds. The van der Waals surface area contributed by atoms with E-state index < -0.39 is 11.9 Å². The number of carbonyl (C=O) groups excluding carboxylic acids is 2. The van der Waals surface area contributed by atoms with E-state index in [2.05, 4.69) is 13.8 Å². The predicted octanol–water partition coefficient (Wildman–Crippen LogP) is 8.18. The molecule has 2 heterocycles. The van der Waals surface area contributed by atoms with Gasteiger partial charge in [0.2, 0.25) is 0 Å². The van der Waals surface area contributed by atoms with Crippen molar-refractivity contribution in [2.75, 3.05) is 52.9 Å². The standard InChI is InChI=1S/C44H50O10/c1-31(21-25-47-27-41-29-51-41)33-5-17-39(18-6-33)53-43(45)35-9-13-37(14-10-35)49-23-3-4-24-50-38-15-11-36(12-16-38)44(46)54-40-19-7-34(8-20-40)32(2)22-26-48-28-42-30-52-42/h5-20,31-32,41-42H,3-4,21-30H2,1-2H3. The molecule has 0 bridgehead atoms. The normalized spacial score (nSPS) is 16.9. The van der Waals surface area contributed by atoms with Crippen LogP contribution < -0.4 is 18.9 Å². The third kappa shape index (κ3) is 13.0. The predicted molar refractivity (Wildman–Crippen MR) is 203 cm³/mol. The molecule has 2 fully saturated rings. The second-order valence-electron chi connectivity index (χ2n) is 13.8. The van der Waals surface area contributed by atoms with Crippen LogP contribution in [0.3, 0.4) is 0 Å². The monoisotopic (exact) mass is 738 g/mol. The van der Waals surface area contributed by atoms with Crippen LogP contribution in [0.15, 0.2) is 97.1 Å². The average Bonchev–Trinajstić information content (AvgIpc) is 4.14. The maximum Gasteiger partial charge on any atom is 0.343 e. The number of unbranched alkanes of at least 4 members (excludes halogenated alkanes) is 1. The molecule has 286 valence electrons. The summed E-state index contributed by atoms with van der Waals surface area (Å²) in [5.74, 6) is 2.17. The lowest BCUT2D eigenvalue weighted by Gasteiger charge is -2.13. The zero-order chi connectivity index (χ0) is 37.5. The van der Waals surface area contributed by atoms with Gasteiger partial charge in [0.1, 0.15) is 35.2 Å². The summed E-state index contributed by atoms with van der Waals surface area (Å²) in [6.45, 7) is 9.65. The van der Waals surface area contributed by atoms with Gasteiger partial charge in [-0.2, -0.15) is 0 Å². The summed E-state index contributed by atoms with van der Waals surface area (Å²) in [5.41, 5.74) is 3.23. The van der Waals surface area contributed by atoms with Gasteiger partial charge in [-0.3, -0.25) is 0 Å². The van der Waals surface area contributed by atoms with Crippen LogP contribution in [0, 0.1) is 0 Å². The smallest absolute Gasteiger partial charge is 0.343 e. The van der Waals surface area contributed by atoms with Crippen molar-refractivity contribution < 1.29 is 47.5 Å². The highest BCUT2D eigenvalue weighted by atomic mass is 16.6. The molecule has 10 heteroatoms. The number of ether oxygens (including phenoxy) is 8. The summed E-state index contributed by atoms with van der Waals surface area (Å²) < 4.78 is 44.5. The molecular weight excluding hydrogens is 688 g/mol. The quantitative estimate of drug-likeness (QED) is 0.0320. The highest BCUT2D eigenvalue weighted by Gasteiger charge is 2.23. The maximum absolute atomic E-state index is 12.7. The molecule has 2 aliphatic heterocycles. The number of esters is 2. The van der Waals surface area contributed by atoms with Crippen molar-refractivity contribution in [3.05, 3.63) is 119 Å². The molecule has 54 heavy (non-hydrogen) atoms. The molecule has 0 saturated carbocycles. The molecule has 4 atom stereocenters. The number of benzene rings is 4. The Balaban J connectivity index is 0.822. The highest BCUT2D eigenvalue weighted by Crippen LogP contribution is 2.25. The van der Waals surface area contributed by atoms with Crippen LogP contribution in [-0.2, 0) is 18.9 Å². The maximum atomic E-state index is 12.7.